The summed E-state index contributed by atoms with van der Waals surface area (Å²) in [5, 5.41) is -0.407. The van der Waals surface area contributed by atoms with E-state index in [2.05, 4.69) is 0 Å². The first kappa shape index (κ1) is 14.2. The van der Waals surface area contributed by atoms with Crippen molar-refractivity contribution < 1.29 is 8.42 Å². The maximum absolute atomic E-state index is 12.1. The number of rotatable bonds is 4. The molecule has 0 aliphatic rings. The third-order valence-corrected chi connectivity index (χ3v) is 4.97. The molecule has 2 N–H and O–H groups in total. The van der Waals surface area contributed by atoms with Crippen LogP contribution in [0.5, 0.6) is 0 Å². The molecule has 0 aliphatic heterocycles. The van der Waals surface area contributed by atoms with Crippen LogP contribution in [0.25, 0.3) is 0 Å². The molecule has 17 heavy (non-hydrogen) atoms. The average molecular weight is 255 g/mol. The van der Waals surface area contributed by atoms with E-state index in [-0.39, 0.29) is 0 Å². The van der Waals surface area contributed by atoms with Crippen molar-refractivity contribution in [3.8, 4) is 0 Å². The molecule has 0 fully saturated rings. The summed E-state index contributed by atoms with van der Waals surface area (Å²) in [6.07, 6.45) is 0. The SMILES string of the molecule is CC(C)c1cc(CN)cc(S(=O)(=O)C(C)C)c1. The molecule has 0 bridgehead atoms. The first-order chi connectivity index (χ1) is 7.78. The van der Waals surface area contributed by atoms with Crippen LogP contribution in [-0.2, 0) is 16.4 Å². The van der Waals surface area contributed by atoms with Gasteiger partial charge in [-0.15, -0.1) is 0 Å². The second kappa shape index (κ2) is 5.19. The number of hydrogen-bond acceptors (Lipinski definition) is 3. The lowest BCUT2D eigenvalue weighted by atomic mass is 10.0. The second-order valence-electron chi connectivity index (χ2n) is 4.86. The third kappa shape index (κ3) is 3.07. The largest absolute Gasteiger partial charge is 0.326 e. The Morgan fingerprint density at radius 3 is 2.12 bits per heavy atom. The molecule has 0 atom stereocenters. The zero-order valence-corrected chi connectivity index (χ0v) is 11.7. The lowest BCUT2D eigenvalue weighted by Crippen LogP contribution is -2.15. The van der Waals surface area contributed by atoms with Gasteiger partial charge in [-0.25, -0.2) is 8.42 Å². The van der Waals surface area contributed by atoms with Crippen molar-refractivity contribution in [2.24, 2.45) is 5.73 Å². The van der Waals surface area contributed by atoms with Crippen molar-refractivity contribution in [2.75, 3.05) is 0 Å². The van der Waals surface area contributed by atoms with Crippen LogP contribution in [0.3, 0.4) is 0 Å². The van der Waals surface area contributed by atoms with Crippen molar-refractivity contribution >= 4 is 9.84 Å². The number of sulfone groups is 1. The van der Waals surface area contributed by atoms with Gasteiger partial charge in [0.05, 0.1) is 10.1 Å². The maximum atomic E-state index is 12.1. The predicted octanol–water partition coefficient (Wildman–Crippen LogP) is 2.45. The zero-order chi connectivity index (χ0) is 13.2. The lowest BCUT2D eigenvalue weighted by Gasteiger charge is -2.13. The van der Waals surface area contributed by atoms with E-state index in [1.165, 1.54) is 0 Å². The maximum Gasteiger partial charge on any atom is 0.180 e. The number of benzene rings is 1. The van der Waals surface area contributed by atoms with Gasteiger partial charge in [-0.2, -0.15) is 0 Å². The van der Waals surface area contributed by atoms with Gasteiger partial charge in [0.25, 0.3) is 0 Å². The quantitative estimate of drug-likeness (QED) is 0.899. The van der Waals surface area contributed by atoms with Gasteiger partial charge < -0.3 is 5.73 Å². The highest BCUT2D eigenvalue weighted by atomic mass is 32.2. The van der Waals surface area contributed by atoms with Crippen LogP contribution in [0.4, 0.5) is 0 Å². The van der Waals surface area contributed by atoms with Crippen molar-refractivity contribution in [3.63, 3.8) is 0 Å². The minimum absolute atomic E-state index is 0.294. The van der Waals surface area contributed by atoms with E-state index < -0.39 is 15.1 Å². The molecule has 1 rings (SSSR count). The van der Waals surface area contributed by atoms with Crippen molar-refractivity contribution in [2.45, 2.75) is 50.3 Å². The van der Waals surface area contributed by atoms with Crippen LogP contribution in [0.15, 0.2) is 23.1 Å². The third-order valence-electron chi connectivity index (χ3n) is 2.84. The van der Waals surface area contributed by atoms with Gasteiger partial charge >= 0.3 is 0 Å². The highest BCUT2D eigenvalue weighted by Gasteiger charge is 2.20. The van der Waals surface area contributed by atoms with Gasteiger partial charge in [0.1, 0.15) is 0 Å². The Labute approximate surface area is 104 Å². The van der Waals surface area contributed by atoms with E-state index in [1.807, 2.05) is 19.9 Å². The lowest BCUT2D eigenvalue weighted by molar-refractivity contribution is 0.587. The predicted molar refractivity (Wildman–Crippen MR) is 70.7 cm³/mol. The van der Waals surface area contributed by atoms with Gasteiger partial charge in [0.2, 0.25) is 0 Å². The second-order valence-corrected chi connectivity index (χ2v) is 7.37. The first-order valence-corrected chi connectivity index (χ1v) is 7.41. The van der Waals surface area contributed by atoms with Gasteiger partial charge in [-0.05, 0) is 43.0 Å². The molecule has 0 radical (unpaired) electrons. The molecule has 0 unspecified atom stereocenters. The fourth-order valence-corrected chi connectivity index (χ4v) is 2.73. The van der Waals surface area contributed by atoms with Crippen LogP contribution in [0.2, 0.25) is 0 Å². The molecule has 0 aromatic heterocycles. The zero-order valence-electron chi connectivity index (χ0n) is 10.9. The minimum Gasteiger partial charge on any atom is -0.326 e. The molecule has 0 aliphatic carbocycles. The average Bonchev–Trinajstić information content (AvgIpc) is 2.27. The van der Waals surface area contributed by atoms with Crippen LogP contribution in [0, 0.1) is 0 Å². The number of hydrogen-bond donors (Lipinski definition) is 1. The minimum atomic E-state index is -3.22. The Balaban J connectivity index is 3.40. The Kier molecular flexibility index (Phi) is 4.33. The monoisotopic (exact) mass is 255 g/mol. The molecule has 0 saturated carbocycles. The molecule has 3 nitrogen and oxygen atoms in total. The van der Waals surface area contributed by atoms with Crippen LogP contribution < -0.4 is 5.73 Å². The summed E-state index contributed by atoms with van der Waals surface area (Å²) < 4.78 is 24.3. The summed E-state index contributed by atoms with van der Waals surface area (Å²) in [4.78, 5) is 0.388. The molecule has 1 aromatic carbocycles. The highest BCUT2D eigenvalue weighted by molar-refractivity contribution is 7.92. The van der Waals surface area contributed by atoms with Gasteiger partial charge in [0, 0.05) is 6.54 Å². The van der Waals surface area contributed by atoms with E-state index in [4.69, 9.17) is 5.73 Å². The van der Waals surface area contributed by atoms with Gasteiger partial charge in [-0.1, -0.05) is 19.9 Å². The molecular weight excluding hydrogens is 234 g/mol. The molecule has 0 saturated heterocycles. The summed E-state index contributed by atoms with van der Waals surface area (Å²) in [6, 6.07) is 5.42. The molecule has 1 aromatic rings. The summed E-state index contributed by atoms with van der Waals surface area (Å²) in [5.41, 5.74) is 7.50. The highest BCUT2D eigenvalue weighted by Crippen LogP contribution is 2.23. The van der Waals surface area contributed by atoms with E-state index in [0.717, 1.165) is 11.1 Å². The molecule has 4 heteroatoms. The normalized spacial score (nSPS) is 12.4. The summed E-state index contributed by atoms with van der Waals surface area (Å²) in [7, 11) is -3.22. The summed E-state index contributed by atoms with van der Waals surface area (Å²) in [5.74, 6) is 0.294. The van der Waals surface area contributed by atoms with Crippen molar-refractivity contribution in [3.05, 3.63) is 29.3 Å². The summed E-state index contributed by atoms with van der Waals surface area (Å²) in [6.45, 7) is 7.84. The van der Waals surface area contributed by atoms with Crippen molar-refractivity contribution in [1.82, 2.24) is 0 Å². The fraction of sp³-hybridized carbons (Fsp3) is 0.538. The van der Waals surface area contributed by atoms with Crippen LogP contribution in [-0.4, -0.2) is 13.7 Å². The van der Waals surface area contributed by atoms with E-state index in [9.17, 15) is 8.42 Å². The fourth-order valence-electron chi connectivity index (χ4n) is 1.57. The van der Waals surface area contributed by atoms with Crippen LogP contribution >= 0.6 is 0 Å². The van der Waals surface area contributed by atoms with E-state index >= 15 is 0 Å². The Hall–Kier alpha value is -0.870. The Morgan fingerprint density at radius 1 is 1.12 bits per heavy atom. The van der Waals surface area contributed by atoms with Crippen molar-refractivity contribution in [1.29, 1.82) is 0 Å². The number of nitrogens with two attached hydrogens (primary N) is 1. The van der Waals surface area contributed by atoms with Gasteiger partial charge in [-0.3, -0.25) is 0 Å². The van der Waals surface area contributed by atoms with E-state index in [1.54, 1.807) is 26.0 Å². The molecule has 0 amide bonds. The van der Waals surface area contributed by atoms with Crippen LogP contribution in [0.1, 0.15) is 44.7 Å². The summed E-state index contributed by atoms with van der Waals surface area (Å²) >= 11 is 0. The molecule has 0 heterocycles. The smallest absolute Gasteiger partial charge is 0.180 e. The topological polar surface area (TPSA) is 60.2 Å². The standard InChI is InChI=1S/C13H21NO2S/c1-9(2)12-5-11(8-14)6-13(7-12)17(15,16)10(3)4/h5-7,9-10H,8,14H2,1-4H3. The molecular formula is C13H21NO2S. The Bertz CT molecular complexity index is 490. The Morgan fingerprint density at radius 2 is 1.71 bits per heavy atom. The van der Waals surface area contributed by atoms with Gasteiger partial charge in [0.15, 0.2) is 9.84 Å². The van der Waals surface area contributed by atoms with E-state index in [0.29, 0.717) is 17.4 Å². The first-order valence-electron chi connectivity index (χ1n) is 5.87. The molecule has 0 spiro atoms. The molecule has 96 valence electrons.